The molecule has 0 aliphatic heterocycles. The van der Waals surface area contributed by atoms with Crippen molar-refractivity contribution >= 4 is 11.3 Å². The van der Waals surface area contributed by atoms with Gasteiger partial charge in [-0.3, -0.25) is 0 Å². The zero-order chi connectivity index (χ0) is 14.5. The number of hydrogen-bond acceptors (Lipinski definition) is 3. The first-order valence-electron chi connectivity index (χ1n) is 7.03. The van der Waals surface area contributed by atoms with Crippen LogP contribution in [0.4, 0.5) is 0 Å². The smallest absolute Gasteiger partial charge is 0.122 e. The molecule has 1 aromatic carbocycles. The van der Waals surface area contributed by atoms with Crippen LogP contribution >= 0.6 is 11.3 Å². The second-order valence-corrected chi connectivity index (χ2v) is 6.22. The summed E-state index contributed by atoms with van der Waals surface area (Å²) in [5.41, 5.74) is 2.63. The molecule has 0 aliphatic carbocycles. The number of ether oxygens (including phenoxy) is 1. The topological polar surface area (TPSA) is 21.3 Å². The Balaban J connectivity index is 1.99. The molecule has 3 heteroatoms. The van der Waals surface area contributed by atoms with Crippen molar-refractivity contribution < 1.29 is 4.74 Å². The number of hydrogen-bond donors (Lipinski definition) is 1. The van der Waals surface area contributed by atoms with Crippen LogP contribution in [0.3, 0.4) is 0 Å². The fourth-order valence-electron chi connectivity index (χ4n) is 2.59. The predicted octanol–water partition coefficient (Wildman–Crippen LogP) is 4.35. The molecule has 2 aromatic rings. The number of benzene rings is 1. The van der Waals surface area contributed by atoms with Crippen LogP contribution in [0.15, 0.2) is 35.7 Å². The van der Waals surface area contributed by atoms with Crippen molar-refractivity contribution in [2.75, 3.05) is 7.11 Å². The molecule has 1 heterocycles. The van der Waals surface area contributed by atoms with Crippen LogP contribution in [-0.2, 0) is 6.42 Å². The van der Waals surface area contributed by atoms with Crippen molar-refractivity contribution in [3.8, 4) is 5.75 Å². The molecule has 1 aromatic heterocycles. The molecule has 108 valence electrons. The Morgan fingerprint density at radius 2 is 1.95 bits per heavy atom. The molecule has 0 saturated heterocycles. The van der Waals surface area contributed by atoms with Crippen LogP contribution in [0.1, 0.15) is 35.9 Å². The number of para-hydroxylation sites is 1. The third-order valence-corrected chi connectivity index (χ3v) is 4.75. The van der Waals surface area contributed by atoms with Crippen LogP contribution in [0.25, 0.3) is 0 Å². The first-order valence-corrected chi connectivity index (χ1v) is 7.91. The minimum absolute atomic E-state index is 0.389. The number of rotatable bonds is 6. The Morgan fingerprint density at radius 3 is 2.60 bits per heavy atom. The maximum Gasteiger partial charge on any atom is 0.122 e. The van der Waals surface area contributed by atoms with Gasteiger partial charge in [-0.2, -0.15) is 0 Å². The van der Waals surface area contributed by atoms with E-state index in [0.29, 0.717) is 12.1 Å². The van der Waals surface area contributed by atoms with E-state index in [0.717, 1.165) is 12.2 Å². The Hall–Kier alpha value is -1.32. The lowest BCUT2D eigenvalue weighted by atomic mass is 10.0. The lowest BCUT2D eigenvalue weighted by molar-refractivity contribution is 0.403. The molecule has 1 N–H and O–H groups in total. The van der Waals surface area contributed by atoms with Gasteiger partial charge in [0.15, 0.2) is 0 Å². The molecule has 0 bridgehead atoms. The Bertz CT molecular complexity index is 549. The first-order chi connectivity index (χ1) is 9.61. The monoisotopic (exact) mass is 289 g/mol. The van der Waals surface area contributed by atoms with E-state index < -0.39 is 0 Å². The van der Waals surface area contributed by atoms with E-state index >= 15 is 0 Å². The molecule has 2 nitrogen and oxygen atoms in total. The van der Waals surface area contributed by atoms with Gasteiger partial charge in [0.2, 0.25) is 0 Å². The highest BCUT2D eigenvalue weighted by Crippen LogP contribution is 2.25. The number of methoxy groups -OCH3 is 1. The van der Waals surface area contributed by atoms with E-state index in [-0.39, 0.29) is 0 Å². The average Bonchev–Trinajstić information content (AvgIpc) is 2.85. The van der Waals surface area contributed by atoms with Crippen molar-refractivity contribution in [3.63, 3.8) is 0 Å². The van der Waals surface area contributed by atoms with Gasteiger partial charge in [0, 0.05) is 17.0 Å². The Morgan fingerprint density at radius 1 is 1.20 bits per heavy atom. The van der Waals surface area contributed by atoms with E-state index in [1.807, 2.05) is 23.5 Å². The van der Waals surface area contributed by atoms with E-state index in [1.165, 1.54) is 16.0 Å². The molecular formula is C17H23NOS. The van der Waals surface area contributed by atoms with Crippen LogP contribution < -0.4 is 10.1 Å². The fourth-order valence-corrected chi connectivity index (χ4v) is 3.54. The lowest BCUT2D eigenvalue weighted by Crippen LogP contribution is -2.30. The largest absolute Gasteiger partial charge is 0.496 e. The van der Waals surface area contributed by atoms with Crippen molar-refractivity contribution in [1.29, 1.82) is 0 Å². The molecule has 0 fully saturated rings. The molecule has 0 radical (unpaired) electrons. The summed E-state index contributed by atoms with van der Waals surface area (Å²) in [6.45, 7) is 6.64. The van der Waals surface area contributed by atoms with Gasteiger partial charge in [0.1, 0.15) is 5.75 Å². The zero-order valence-corrected chi connectivity index (χ0v) is 13.5. The van der Waals surface area contributed by atoms with Crippen LogP contribution in [-0.4, -0.2) is 13.2 Å². The second kappa shape index (κ2) is 6.91. The van der Waals surface area contributed by atoms with Gasteiger partial charge in [-0.1, -0.05) is 18.2 Å². The Labute approximate surface area is 125 Å². The SMILES string of the molecule is COc1ccccc1CC(C)NC(C)c1sccc1C. The van der Waals surface area contributed by atoms with Crippen molar-refractivity contribution in [2.45, 2.75) is 39.3 Å². The molecule has 0 amide bonds. The summed E-state index contributed by atoms with van der Waals surface area (Å²) >= 11 is 1.83. The number of nitrogens with one attached hydrogen (secondary N) is 1. The van der Waals surface area contributed by atoms with Gasteiger partial charge in [-0.15, -0.1) is 11.3 Å². The van der Waals surface area contributed by atoms with E-state index in [2.05, 4.69) is 49.7 Å². The summed E-state index contributed by atoms with van der Waals surface area (Å²) in [6, 6.07) is 11.2. The molecule has 0 spiro atoms. The van der Waals surface area contributed by atoms with Gasteiger partial charge in [0.05, 0.1) is 7.11 Å². The average molecular weight is 289 g/mol. The third-order valence-electron chi connectivity index (χ3n) is 3.55. The summed E-state index contributed by atoms with van der Waals surface area (Å²) in [5.74, 6) is 0.973. The van der Waals surface area contributed by atoms with Crippen molar-refractivity contribution in [1.82, 2.24) is 5.32 Å². The molecule has 20 heavy (non-hydrogen) atoms. The summed E-state index contributed by atoms with van der Waals surface area (Å²) < 4.78 is 5.42. The van der Waals surface area contributed by atoms with E-state index in [4.69, 9.17) is 4.74 Å². The van der Waals surface area contributed by atoms with Crippen LogP contribution in [0, 0.1) is 6.92 Å². The summed E-state index contributed by atoms with van der Waals surface area (Å²) in [6.07, 6.45) is 0.971. The molecule has 0 aliphatic rings. The minimum Gasteiger partial charge on any atom is -0.496 e. The molecule has 0 saturated carbocycles. The zero-order valence-electron chi connectivity index (χ0n) is 12.6. The first kappa shape index (κ1) is 15.1. The van der Waals surface area contributed by atoms with Gasteiger partial charge >= 0.3 is 0 Å². The predicted molar refractivity (Wildman–Crippen MR) is 86.8 cm³/mol. The summed E-state index contributed by atoms with van der Waals surface area (Å²) in [4.78, 5) is 1.43. The van der Waals surface area contributed by atoms with E-state index in [9.17, 15) is 0 Å². The van der Waals surface area contributed by atoms with Gasteiger partial charge in [-0.05, 0) is 55.8 Å². The van der Waals surface area contributed by atoms with Crippen molar-refractivity contribution in [2.24, 2.45) is 0 Å². The quantitative estimate of drug-likeness (QED) is 0.853. The molecular weight excluding hydrogens is 266 g/mol. The molecule has 2 atom stereocenters. The van der Waals surface area contributed by atoms with Crippen LogP contribution in [0.5, 0.6) is 5.75 Å². The minimum atomic E-state index is 0.389. The highest BCUT2D eigenvalue weighted by Gasteiger charge is 2.14. The number of aryl methyl sites for hydroxylation is 1. The Kier molecular flexibility index (Phi) is 5.21. The van der Waals surface area contributed by atoms with Crippen molar-refractivity contribution in [3.05, 3.63) is 51.7 Å². The summed E-state index contributed by atoms with van der Waals surface area (Å²) in [7, 11) is 1.73. The van der Waals surface area contributed by atoms with Crippen LogP contribution in [0.2, 0.25) is 0 Å². The fraction of sp³-hybridized carbons (Fsp3) is 0.412. The van der Waals surface area contributed by atoms with Gasteiger partial charge in [0.25, 0.3) is 0 Å². The molecule has 2 rings (SSSR count). The van der Waals surface area contributed by atoms with Gasteiger partial charge in [-0.25, -0.2) is 0 Å². The summed E-state index contributed by atoms with van der Waals surface area (Å²) in [5, 5.41) is 5.84. The third kappa shape index (κ3) is 3.62. The normalized spacial score (nSPS) is 14.0. The maximum absolute atomic E-state index is 5.42. The van der Waals surface area contributed by atoms with E-state index in [1.54, 1.807) is 7.11 Å². The second-order valence-electron chi connectivity index (χ2n) is 5.27. The van der Waals surface area contributed by atoms with Gasteiger partial charge < -0.3 is 10.1 Å². The molecule has 2 unspecified atom stereocenters. The maximum atomic E-state index is 5.42. The highest BCUT2D eigenvalue weighted by molar-refractivity contribution is 7.10. The standard InChI is InChI=1S/C17H23NOS/c1-12-9-10-20-17(12)14(3)18-13(2)11-15-7-5-6-8-16(15)19-4/h5-10,13-14,18H,11H2,1-4H3. The highest BCUT2D eigenvalue weighted by atomic mass is 32.1. The number of thiophene rings is 1. The lowest BCUT2D eigenvalue weighted by Gasteiger charge is -2.21.